The molecule has 2 heterocycles. The van der Waals surface area contributed by atoms with Crippen molar-refractivity contribution >= 4 is 5.69 Å². The number of piperazine rings is 1. The van der Waals surface area contributed by atoms with Gasteiger partial charge in [-0.15, -0.1) is 0 Å². The normalized spacial score (nSPS) is 17.4. The first-order valence-corrected chi connectivity index (χ1v) is 7.13. The van der Waals surface area contributed by atoms with Crippen molar-refractivity contribution in [1.82, 2.24) is 9.88 Å². The summed E-state index contributed by atoms with van der Waals surface area (Å²) >= 11 is 0. The third-order valence-electron chi connectivity index (χ3n) is 3.69. The zero-order chi connectivity index (χ0) is 13.0. The van der Waals surface area contributed by atoms with E-state index < -0.39 is 0 Å². The number of hydrogen-bond donors (Lipinski definition) is 0. The van der Waals surface area contributed by atoms with E-state index in [0.29, 0.717) is 5.92 Å². The molecule has 0 bridgehead atoms. The molecule has 0 spiro atoms. The average molecular weight is 247 g/mol. The predicted octanol–water partition coefficient (Wildman–Crippen LogP) is 2.74. The number of hydrogen-bond acceptors (Lipinski definition) is 3. The van der Waals surface area contributed by atoms with Crippen LogP contribution in [0.5, 0.6) is 0 Å². The largest absolute Gasteiger partial charge is 0.368 e. The fraction of sp³-hybridized carbons (Fsp3) is 0.667. The molecule has 0 amide bonds. The topological polar surface area (TPSA) is 19.4 Å². The Labute approximate surface area is 111 Å². The van der Waals surface area contributed by atoms with Crippen LogP contribution < -0.4 is 4.90 Å². The van der Waals surface area contributed by atoms with E-state index in [4.69, 9.17) is 0 Å². The maximum atomic E-state index is 4.38. The van der Waals surface area contributed by atoms with E-state index in [1.807, 2.05) is 12.4 Å². The van der Waals surface area contributed by atoms with Gasteiger partial charge in [0.2, 0.25) is 0 Å². The molecule has 100 valence electrons. The van der Waals surface area contributed by atoms with E-state index in [1.165, 1.54) is 37.3 Å². The van der Waals surface area contributed by atoms with Crippen LogP contribution in [0, 0.1) is 0 Å². The van der Waals surface area contributed by atoms with E-state index in [1.54, 1.807) is 0 Å². The average Bonchev–Trinajstić information content (AvgIpc) is 2.40. The van der Waals surface area contributed by atoms with Crippen molar-refractivity contribution in [3.05, 3.63) is 24.0 Å². The lowest BCUT2D eigenvalue weighted by atomic mass is 10.1. The molecule has 0 unspecified atom stereocenters. The Kier molecular flexibility index (Phi) is 4.59. The van der Waals surface area contributed by atoms with Crippen LogP contribution in [0.3, 0.4) is 0 Å². The standard InChI is InChI=1S/C15H25N3/c1-4-5-17-6-8-18(9-7-17)15-10-14(13(2)3)11-16-12-15/h10-13H,4-9H2,1-3H3. The first-order chi connectivity index (χ1) is 8.70. The highest BCUT2D eigenvalue weighted by Gasteiger charge is 2.17. The Balaban J connectivity index is 1.98. The van der Waals surface area contributed by atoms with Crippen LogP contribution in [0.15, 0.2) is 18.5 Å². The lowest BCUT2D eigenvalue weighted by Gasteiger charge is -2.36. The van der Waals surface area contributed by atoms with Gasteiger partial charge < -0.3 is 4.90 Å². The first kappa shape index (κ1) is 13.3. The Morgan fingerprint density at radius 1 is 1.17 bits per heavy atom. The molecule has 1 aromatic heterocycles. The molecule has 1 aliphatic heterocycles. The van der Waals surface area contributed by atoms with Gasteiger partial charge in [0.05, 0.1) is 11.9 Å². The molecule has 0 atom stereocenters. The Morgan fingerprint density at radius 2 is 1.89 bits per heavy atom. The zero-order valence-corrected chi connectivity index (χ0v) is 11.9. The lowest BCUT2D eigenvalue weighted by molar-refractivity contribution is 0.258. The summed E-state index contributed by atoms with van der Waals surface area (Å²) in [6.45, 7) is 12.5. The van der Waals surface area contributed by atoms with E-state index in [2.05, 4.69) is 41.6 Å². The molecular weight excluding hydrogens is 222 g/mol. The maximum absolute atomic E-state index is 4.38. The molecule has 3 heteroatoms. The van der Waals surface area contributed by atoms with Gasteiger partial charge in [0, 0.05) is 32.4 Å². The third kappa shape index (κ3) is 3.22. The van der Waals surface area contributed by atoms with Crippen LogP contribution in [0.4, 0.5) is 5.69 Å². The molecule has 1 aromatic rings. The SMILES string of the molecule is CCCN1CCN(c2cncc(C(C)C)c2)CC1. The highest BCUT2D eigenvalue weighted by atomic mass is 15.3. The van der Waals surface area contributed by atoms with Crippen molar-refractivity contribution in [2.75, 3.05) is 37.6 Å². The zero-order valence-electron chi connectivity index (χ0n) is 11.9. The van der Waals surface area contributed by atoms with Gasteiger partial charge >= 0.3 is 0 Å². The number of pyridine rings is 1. The summed E-state index contributed by atoms with van der Waals surface area (Å²) in [5, 5.41) is 0. The first-order valence-electron chi connectivity index (χ1n) is 7.13. The highest BCUT2D eigenvalue weighted by Crippen LogP contribution is 2.21. The molecule has 0 aliphatic carbocycles. The summed E-state index contributed by atoms with van der Waals surface area (Å²) in [4.78, 5) is 9.40. The molecule has 1 aliphatic rings. The quantitative estimate of drug-likeness (QED) is 0.815. The van der Waals surface area contributed by atoms with Gasteiger partial charge in [0.25, 0.3) is 0 Å². The molecule has 2 rings (SSSR count). The van der Waals surface area contributed by atoms with E-state index in [9.17, 15) is 0 Å². The number of anilines is 1. The van der Waals surface area contributed by atoms with Crippen molar-refractivity contribution in [3.8, 4) is 0 Å². The van der Waals surface area contributed by atoms with Crippen LogP contribution in [0.1, 0.15) is 38.7 Å². The summed E-state index contributed by atoms with van der Waals surface area (Å²) in [6.07, 6.45) is 5.24. The van der Waals surface area contributed by atoms with Crippen molar-refractivity contribution in [2.24, 2.45) is 0 Å². The van der Waals surface area contributed by atoms with Crippen LogP contribution in [0.25, 0.3) is 0 Å². The van der Waals surface area contributed by atoms with Gasteiger partial charge in [-0.3, -0.25) is 9.88 Å². The van der Waals surface area contributed by atoms with Crippen molar-refractivity contribution in [3.63, 3.8) is 0 Å². The van der Waals surface area contributed by atoms with Gasteiger partial charge in [-0.2, -0.15) is 0 Å². The maximum Gasteiger partial charge on any atom is 0.0556 e. The molecule has 1 saturated heterocycles. The fourth-order valence-corrected chi connectivity index (χ4v) is 2.48. The van der Waals surface area contributed by atoms with Crippen LogP contribution in [-0.4, -0.2) is 42.6 Å². The summed E-state index contributed by atoms with van der Waals surface area (Å²) in [6, 6.07) is 2.30. The summed E-state index contributed by atoms with van der Waals surface area (Å²) < 4.78 is 0. The summed E-state index contributed by atoms with van der Waals surface area (Å²) in [5.74, 6) is 0.554. The predicted molar refractivity (Wildman–Crippen MR) is 77.3 cm³/mol. The Hall–Kier alpha value is -1.09. The van der Waals surface area contributed by atoms with Gasteiger partial charge in [0.15, 0.2) is 0 Å². The fourth-order valence-electron chi connectivity index (χ4n) is 2.48. The van der Waals surface area contributed by atoms with Gasteiger partial charge in [-0.05, 0) is 30.5 Å². The van der Waals surface area contributed by atoms with Crippen LogP contribution in [-0.2, 0) is 0 Å². The number of rotatable bonds is 4. The van der Waals surface area contributed by atoms with Crippen molar-refractivity contribution in [2.45, 2.75) is 33.1 Å². The minimum Gasteiger partial charge on any atom is -0.368 e. The van der Waals surface area contributed by atoms with Crippen LogP contribution >= 0.6 is 0 Å². The molecule has 0 N–H and O–H groups in total. The number of aromatic nitrogens is 1. The third-order valence-corrected chi connectivity index (χ3v) is 3.69. The van der Waals surface area contributed by atoms with Crippen molar-refractivity contribution in [1.29, 1.82) is 0 Å². The van der Waals surface area contributed by atoms with Gasteiger partial charge in [-0.1, -0.05) is 20.8 Å². The second-order valence-corrected chi connectivity index (χ2v) is 5.46. The molecule has 3 nitrogen and oxygen atoms in total. The molecule has 0 saturated carbocycles. The second kappa shape index (κ2) is 6.19. The smallest absolute Gasteiger partial charge is 0.0556 e. The van der Waals surface area contributed by atoms with Crippen LogP contribution in [0.2, 0.25) is 0 Å². The molecule has 18 heavy (non-hydrogen) atoms. The molecular formula is C15H25N3. The second-order valence-electron chi connectivity index (χ2n) is 5.46. The lowest BCUT2D eigenvalue weighted by Crippen LogP contribution is -2.46. The monoisotopic (exact) mass is 247 g/mol. The van der Waals surface area contributed by atoms with Gasteiger partial charge in [0.1, 0.15) is 0 Å². The van der Waals surface area contributed by atoms with Gasteiger partial charge in [-0.25, -0.2) is 0 Å². The minimum atomic E-state index is 0.554. The summed E-state index contributed by atoms with van der Waals surface area (Å²) in [5.41, 5.74) is 2.63. The molecule has 0 aromatic carbocycles. The number of nitrogens with zero attached hydrogens (tertiary/aromatic N) is 3. The van der Waals surface area contributed by atoms with E-state index in [0.717, 1.165) is 13.1 Å². The highest BCUT2D eigenvalue weighted by molar-refractivity contribution is 5.47. The minimum absolute atomic E-state index is 0.554. The molecule has 1 fully saturated rings. The van der Waals surface area contributed by atoms with Crippen molar-refractivity contribution < 1.29 is 0 Å². The Bertz CT molecular complexity index is 368. The van der Waals surface area contributed by atoms with E-state index in [-0.39, 0.29) is 0 Å². The Morgan fingerprint density at radius 3 is 2.50 bits per heavy atom. The molecule has 0 radical (unpaired) electrons. The summed E-state index contributed by atoms with van der Waals surface area (Å²) in [7, 11) is 0. The van der Waals surface area contributed by atoms with E-state index >= 15 is 0 Å².